The Morgan fingerprint density at radius 2 is 1.65 bits per heavy atom. The van der Waals surface area contributed by atoms with Crippen molar-refractivity contribution in [3.05, 3.63) is 94.3 Å². The molecule has 0 spiro atoms. The van der Waals surface area contributed by atoms with Crippen LogP contribution in [0.5, 0.6) is 0 Å². The van der Waals surface area contributed by atoms with Crippen LogP contribution in [-0.4, -0.2) is 76.0 Å². The number of pyridine rings is 1. The summed E-state index contributed by atoms with van der Waals surface area (Å²) < 4.78 is 15.7. The van der Waals surface area contributed by atoms with Crippen LogP contribution in [0.1, 0.15) is 114 Å². The van der Waals surface area contributed by atoms with Crippen molar-refractivity contribution < 1.29 is 48.1 Å². The molecule has 0 bridgehead atoms. The van der Waals surface area contributed by atoms with Gasteiger partial charge in [-0.3, -0.25) is 14.4 Å². The number of aromatic carboxylic acids is 1. The fourth-order valence-electron chi connectivity index (χ4n) is 5.78. The minimum Gasteiger partial charge on any atom is -0.476 e. The third-order valence-electron chi connectivity index (χ3n) is 8.96. The Balaban J connectivity index is 1.42. The number of carbonyl (C=O) groups excluding carboxylic acids is 5. The number of esters is 2. The summed E-state index contributed by atoms with van der Waals surface area (Å²) in [7, 11) is 0. The van der Waals surface area contributed by atoms with Crippen molar-refractivity contribution in [3.8, 4) is 11.1 Å². The molecule has 4 rings (SSSR count). The molecule has 3 aromatic rings. The highest BCUT2D eigenvalue weighted by molar-refractivity contribution is 6.08. The molecule has 1 unspecified atom stereocenters. The Morgan fingerprint density at radius 3 is 2.23 bits per heavy atom. The molecule has 14 heteroatoms. The van der Waals surface area contributed by atoms with Crippen molar-refractivity contribution in [1.82, 2.24) is 15.6 Å². The Hall–Kier alpha value is -6.18. The number of ether oxygens (including phenoxy) is 3. The summed E-state index contributed by atoms with van der Waals surface area (Å²) in [5.41, 5.74) is 1.90. The van der Waals surface area contributed by atoms with Crippen molar-refractivity contribution in [3.63, 3.8) is 0 Å². The van der Waals surface area contributed by atoms with Crippen molar-refractivity contribution in [2.45, 2.75) is 92.1 Å². The standard InChI is InChI=1S/C43H50N4O10/c1-9-28-20-32(31(18-24(28)4)30-16-17-34(46-38(30)40(51)52)39(50)45-22-27-10-11-27)35(48)19-26-12-14-29(15-13-26)33(44)21-36(49)55-25(5)56-41(53)37(23(2)3)47-42(54)57-43(6,7)8/h9,12-18,20,23,25,27,37,44H,1,10-11,19,21-22H2,2-8H3,(H,45,50)(H,47,54)(H,51,52)/t25?,37-/m0/s1. The van der Waals surface area contributed by atoms with Gasteiger partial charge in [-0.15, -0.1) is 0 Å². The third kappa shape index (κ3) is 12.4. The zero-order valence-corrected chi connectivity index (χ0v) is 33.3. The lowest BCUT2D eigenvalue weighted by Crippen LogP contribution is -2.48. The van der Waals surface area contributed by atoms with Crippen LogP contribution in [0, 0.1) is 24.2 Å². The lowest BCUT2D eigenvalue weighted by Gasteiger charge is -2.25. The molecule has 302 valence electrons. The first-order valence-corrected chi connectivity index (χ1v) is 18.7. The Labute approximate surface area is 331 Å². The normalized spacial score (nSPS) is 13.5. The van der Waals surface area contributed by atoms with Gasteiger partial charge in [-0.2, -0.15) is 0 Å². The van der Waals surface area contributed by atoms with Gasteiger partial charge in [0.25, 0.3) is 5.91 Å². The van der Waals surface area contributed by atoms with Gasteiger partial charge < -0.3 is 35.4 Å². The molecule has 14 nitrogen and oxygen atoms in total. The van der Waals surface area contributed by atoms with Crippen LogP contribution in [0.25, 0.3) is 17.2 Å². The highest BCUT2D eigenvalue weighted by Gasteiger charge is 2.30. The van der Waals surface area contributed by atoms with Gasteiger partial charge in [-0.25, -0.2) is 19.4 Å². The molecule has 1 heterocycles. The lowest BCUT2D eigenvalue weighted by molar-refractivity contribution is -0.185. The SMILES string of the molecule is C=Cc1cc(C(=O)Cc2ccc(C(=N)CC(=O)OC(C)OC(=O)[C@@H](NC(=O)OC(C)(C)C)C(C)C)cc2)c(-c2ccc(C(=O)NCC3CC3)nc2C(=O)O)cc1C. The number of nitrogens with zero attached hydrogens (tertiary/aromatic N) is 1. The molecule has 1 aliphatic rings. The van der Waals surface area contributed by atoms with E-state index in [0.29, 0.717) is 34.7 Å². The number of aromatic nitrogens is 1. The molecule has 4 N–H and O–H groups in total. The molecule has 1 saturated carbocycles. The zero-order chi connectivity index (χ0) is 42.2. The van der Waals surface area contributed by atoms with Crippen molar-refractivity contribution >= 4 is 47.5 Å². The smallest absolute Gasteiger partial charge is 0.408 e. The molecule has 0 radical (unpaired) electrons. The maximum atomic E-state index is 13.9. The second-order valence-corrected chi connectivity index (χ2v) is 15.3. The van der Waals surface area contributed by atoms with E-state index in [1.54, 1.807) is 77.1 Å². The van der Waals surface area contributed by atoms with E-state index in [2.05, 4.69) is 22.2 Å². The summed E-state index contributed by atoms with van der Waals surface area (Å²) in [4.78, 5) is 80.9. The summed E-state index contributed by atoms with van der Waals surface area (Å²) in [5.74, 6) is -3.74. The number of nitrogens with one attached hydrogen (secondary N) is 3. The third-order valence-corrected chi connectivity index (χ3v) is 8.96. The Kier molecular flexibility index (Phi) is 14.2. The van der Waals surface area contributed by atoms with E-state index in [0.717, 1.165) is 18.4 Å². The maximum Gasteiger partial charge on any atom is 0.408 e. The summed E-state index contributed by atoms with van der Waals surface area (Å²) >= 11 is 0. The molecule has 0 saturated heterocycles. The average Bonchev–Trinajstić information content (AvgIpc) is 3.96. The Bertz CT molecular complexity index is 2060. The first-order valence-electron chi connectivity index (χ1n) is 18.7. The minimum absolute atomic E-state index is 0.0366. The molecule has 57 heavy (non-hydrogen) atoms. The van der Waals surface area contributed by atoms with Gasteiger partial charge in [-0.1, -0.05) is 56.8 Å². The van der Waals surface area contributed by atoms with Gasteiger partial charge >= 0.3 is 24.0 Å². The molecule has 1 aromatic heterocycles. The predicted molar refractivity (Wildman–Crippen MR) is 212 cm³/mol. The van der Waals surface area contributed by atoms with E-state index in [1.165, 1.54) is 19.1 Å². The van der Waals surface area contributed by atoms with Crippen molar-refractivity contribution in [2.75, 3.05) is 6.54 Å². The van der Waals surface area contributed by atoms with Gasteiger partial charge in [0.05, 0.1) is 6.42 Å². The van der Waals surface area contributed by atoms with Crippen LogP contribution in [0.2, 0.25) is 0 Å². The molecule has 1 aliphatic carbocycles. The molecular formula is C43H50N4O10. The number of alkyl carbamates (subject to hydrolysis) is 1. The lowest BCUT2D eigenvalue weighted by atomic mass is 9.89. The number of carboxylic acids is 1. The summed E-state index contributed by atoms with van der Waals surface area (Å²) in [5, 5.41) is 23.8. The largest absolute Gasteiger partial charge is 0.476 e. The van der Waals surface area contributed by atoms with Crippen LogP contribution < -0.4 is 10.6 Å². The quantitative estimate of drug-likeness (QED) is 0.0490. The predicted octanol–water partition coefficient (Wildman–Crippen LogP) is 6.70. The fourth-order valence-corrected chi connectivity index (χ4v) is 5.78. The first-order chi connectivity index (χ1) is 26.8. The summed E-state index contributed by atoms with van der Waals surface area (Å²) in [6.45, 7) is 16.0. The van der Waals surface area contributed by atoms with E-state index in [9.17, 15) is 33.9 Å². The number of Topliss-reactive ketones (excluding diaryl/α,β-unsaturated/α-hetero) is 1. The van der Waals surface area contributed by atoms with Gasteiger partial charge in [0.15, 0.2) is 11.5 Å². The summed E-state index contributed by atoms with van der Waals surface area (Å²) in [6, 6.07) is 11.7. The highest BCUT2D eigenvalue weighted by atomic mass is 16.7. The number of hydrogen-bond acceptors (Lipinski definition) is 11. The molecular weight excluding hydrogens is 732 g/mol. The number of rotatable bonds is 17. The zero-order valence-electron chi connectivity index (χ0n) is 33.3. The number of carbonyl (C=O) groups is 6. The number of aryl methyl sites for hydroxylation is 1. The van der Waals surface area contributed by atoms with Gasteiger partial charge in [0.2, 0.25) is 6.29 Å². The number of hydrogen-bond donors (Lipinski definition) is 4. The van der Waals surface area contributed by atoms with Crippen LogP contribution >= 0.6 is 0 Å². The van der Waals surface area contributed by atoms with E-state index >= 15 is 0 Å². The molecule has 2 atom stereocenters. The monoisotopic (exact) mass is 782 g/mol. The van der Waals surface area contributed by atoms with E-state index < -0.39 is 54.3 Å². The molecule has 2 amide bonds. The second-order valence-electron chi connectivity index (χ2n) is 15.3. The van der Waals surface area contributed by atoms with Crippen LogP contribution in [0.15, 0.2) is 55.1 Å². The van der Waals surface area contributed by atoms with Crippen molar-refractivity contribution in [2.24, 2.45) is 11.8 Å². The van der Waals surface area contributed by atoms with Crippen molar-refractivity contribution in [1.29, 1.82) is 5.41 Å². The minimum atomic E-state index is -1.35. The maximum absolute atomic E-state index is 13.9. The number of amides is 2. The van der Waals surface area contributed by atoms with Gasteiger partial charge in [0.1, 0.15) is 17.3 Å². The molecule has 0 aliphatic heterocycles. The topological polar surface area (TPSA) is 211 Å². The van der Waals surface area contributed by atoms with Crippen LogP contribution in [-0.2, 0) is 30.2 Å². The highest BCUT2D eigenvalue weighted by Crippen LogP contribution is 2.32. The van der Waals surface area contributed by atoms with E-state index in [-0.39, 0.29) is 46.3 Å². The van der Waals surface area contributed by atoms with Gasteiger partial charge in [-0.05, 0) is 98.4 Å². The van der Waals surface area contributed by atoms with Gasteiger partial charge in [0, 0.05) is 36.7 Å². The van der Waals surface area contributed by atoms with E-state index in [1.807, 2.05) is 6.92 Å². The number of benzene rings is 2. The average molecular weight is 783 g/mol. The van der Waals surface area contributed by atoms with E-state index in [4.69, 9.17) is 19.6 Å². The van der Waals surface area contributed by atoms with Crippen LogP contribution in [0.3, 0.4) is 0 Å². The number of carboxylic acid groups (broad SMARTS) is 1. The molecule has 2 aromatic carbocycles. The number of ketones is 1. The van der Waals surface area contributed by atoms with Crippen LogP contribution in [0.4, 0.5) is 4.79 Å². The fraction of sp³-hybridized carbons (Fsp3) is 0.395. The molecule has 1 fully saturated rings. The Morgan fingerprint density at radius 1 is 0.982 bits per heavy atom. The summed E-state index contributed by atoms with van der Waals surface area (Å²) in [6.07, 6.45) is 1.04. The first kappa shape index (κ1) is 43.5. The second kappa shape index (κ2) is 18.6.